The number of rotatable bonds is 8. The number of alkyl halides is 3. The smallest absolute Gasteiger partial charge is 0.381 e. The zero-order valence-corrected chi connectivity index (χ0v) is 24.0. The highest BCUT2D eigenvalue weighted by Crippen LogP contribution is 2.46. The van der Waals surface area contributed by atoms with E-state index in [0.717, 1.165) is 49.9 Å². The van der Waals surface area contributed by atoms with Gasteiger partial charge in [0.15, 0.2) is 0 Å². The second kappa shape index (κ2) is 10.2. The van der Waals surface area contributed by atoms with E-state index in [-0.39, 0.29) is 52.9 Å². The van der Waals surface area contributed by atoms with E-state index in [0.29, 0.717) is 24.5 Å². The summed E-state index contributed by atoms with van der Waals surface area (Å²) in [7, 11) is 1.89. The molecule has 42 heavy (non-hydrogen) atoms. The highest BCUT2D eigenvalue weighted by atomic mass is 19.4. The summed E-state index contributed by atoms with van der Waals surface area (Å²) in [5.41, 5.74) is 1.53. The van der Waals surface area contributed by atoms with Crippen LogP contribution >= 0.6 is 0 Å². The number of benzene rings is 2. The van der Waals surface area contributed by atoms with Gasteiger partial charge in [0.2, 0.25) is 0 Å². The van der Waals surface area contributed by atoms with Gasteiger partial charge >= 0.3 is 6.18 Å². The molecular weight excluding hydrogens is 543 g/mol. The molecule has 1 aromatic heterocycles. The Labute approximate surface area is 243 Å². The molecule has 0 radical (unpaired) electrons. The third-order valence-electron chi connectivity index (χ3n) is 10.0. The molecule has 3 heterocycles. The van der Waals surface area contributed by atoms with Gasteiger partial charge in [0, 0.05) is 35.8 Å². The lowest BCUT2D eigenvalue weighted by Gasteiger charge is -2.46. The number of carbonyl (C=O) groups excluding carboxylic acids is 1. The van der Waals surface area contributed by atoms with Crippen molar-refractivity contribution in [3.8, 4) is 0 Å². The van der Waals surface area contributed by atoms with Crippen molar-refractivity contribution in [3.63, 3.8) is 0 Å². The topological polar surface area (TPSA) is 72.3 Å². The van der Waals surface area contributed by atoms with Crippen molar-refractivity contribution in [1.82, 2.24) is 20.1 Å². The second-order valence-electron chi connectivity index (χ2n) is 12.9. The molecule has 10 heteroatoms. The number of nitrogens with zero attached hydrogens (tertiary/aromatic N) is 4. The highest BCUT2D eigenvalue weighted by Gasteiger charge is 2.44. The van der Waals surface area contributed by atoms with Gasteiger partial charge in [-0.1, -0.05) is 18.6 Å². The number of halogens is 3. The first-order valence-electron chi connectivity index (χ1n) is 15.0. The fourth-order valence-corrected chi connectivity index (χ4v) is 7.08. The summed E-state index contributed by atoms with van der Waals surface area (Å²) in [4.78, 5) is 15.4. The van der Waals surface area contributed by atoms with Gasteiger partial charge in [-0.25, -0.2) is 0 Å². The van der Waals surface area contributed by atoms with Crippen LogP contribution in [0.5, 0.6) is 0 Å². The number of amides is 1. The summed E-state index contributed by atoms with van der Waals surface area (Å²) in [6.45, 7) is 3.21. The number of hydrogen-bond acceptors (Lipinski definition) is 5. The Morgan fingerprint density at radius 2 is 1.86 bits per heavy atom. The number of nitrogens with one attached hydrogen (secondary N) is 1. The normalized spacial score (nSPS) is 21.8. The number of ether oxygens (including phenoxy) is 1. The number of anilines is 1. The minimum Gasteiger partial charge on any atom is -0.381 e. The van der Waals surface area contributed by atoms with Gasteiger partial charge < -0.3 is 19.5 Å². The van der Waals surface area contributed by atoms with Gasteiger partial charge in [0.25, 0.3) is 5.91 Å². The van der Waals surface area contributed by atoms with Gasteiger partial charge in [-0.2, -0.15) is 13.2 Å². The van der Waals surface area contributed by atoms with Gasteiger partial charge in [0.05, 0.1) is 31.2 Å². The van der Waals surface area contributed by atoms with Crippen molar-refractivity contribution < 1.29 is 22.7 Å². The average Bonchev–Trinajstić information content (AvgIpc) is 3.45. The Morgan fingerprint density at radius 3 is 2.43 bits per heavy atom. The van der Waals surface area contributed by atoms with Crippen molar-refractivity contribution in [2.45, 2.75) is 75.7 Å². The van der Waals surface area contributed by atoms with E-state index in [1.165, 1.54) is 11.0 Å². The van der Waals surface area contributed by atoms with E-state index >= 15 is 0 Å². The van der Waals surface area contributed by atoms with Crippen LogP contribution in [0.1, 0.15) is 95.8 Å². The first-order valence-corrected chi connectivity index (χ1v) is 15.0. The lowest BCUT2D eigenvalue weighted by molar-refractivity contribution is -0.138. The van der Waals surface area contributed by atoms with Crippen LogP contribution in [0.4, 0.5) is 18.9 Å². The summed E-state index contributed by atoms with van der Waals surface area (Å²) < 4.78 is 51.1. The fourth-order valence-electron chi connectivity index (χ4n) is 7.08. The van der Waals surface area contributed by atoms with Crippen molar-refractivity contribution in [2.24, 2.45) is 18.9 Å². The van der Waals surface area contributed by atoms with Crippen molar-refractivity contribution in [2.75, 3.05) is 18.1 Å². The molecule has 1 amide bonds. The molecule has 7 nitrogen and oxygen atoms in total. The van der Waals surface area contributed by atoms with Crippen LogP contribution in [0.15, 0.2) is 42.7 Å². The number of carbonyl (C=O) groups is 1. The molecule has 7 rings (SSSR count). The monoisotopic (exact) mass is 579 g/mol. The summed E-state index contributed by atoms with van der Waals surface area (Å²) in [5, 5.41) is 12.1. The summed E-state index contributed by atoms with van der Waals surface area (Å²) in [5.74, 6) is 0.765. The predicted molar refractivity (Wildman–Crippen MR) is 151 cm³/mol. The number of fused-ring (bicyclic) bond motifs is 1. The zero-order valence-electron chi connectivity index (χ0n) is 24.0. The van der Waals surface area contributed by atoms with E-state index in [2.05, 4.69) is 22.4 Å². The lowest BCUT2D eigenvalue weighted by Crippen LogP contribution is -2.52. The molecule has 0 spiro atoms. The third kappa shape index (κ3) is 4.72. The van der Waals surface area contributed by atoms with Crippen LogP contribution in [0.2, 0.25) is 0 Å². The number of aromatic nitrogens is 3. The second-order valence-corrected chi connectivity index (χ2v) is 12.9. The first kappa shape index (κ1) is 27.6. The first-order chi connectivity index (χ1) is 20.1. The molecule has 2 saturated carbocycles. The van der Waals surface area contributed by atoms with E-state index in [1.807, 2.05) is 29.8 Å². The van der Waals surface area contributed by atoms with Crippen LogP contribution < -0.4 is 10.2 Å². The van der Waals surface area contributed by atoms with Crippen LogP contribution in [-0.2, 0) is 24.5 Å². The fraction of sp³-hybridized carbons (Fsp3) is 0.531. The maximum absolute atomic E-state index is 14.6. The Kier molecular flexibility index (Phi) is 6.69. The zero-order chi connectivity index (χ0) is 29.2. The molecule has 2 unspecified atom stereocenters. The number of hydrogen-bond donors (Lipinski definition) is 1. The quantitative estimate of drug-likeness (QED) is 0.347. The Hall–Kier alpha value is -3.24. The molecule has 4 aliphatic rings. The minimum absolute atomic E-state index is 0.0566. The largest absolute Gasteiger partial charge is 0.416 e. The molecule has 1 saturated heterocycles. The van der Waals surface area contributed by atoms with Crippen LogP contribution in [0.25, 0.3) is 0 Å². The summed E-state index contributed by atoms with van der Waals surface area (Å²) in [6, 6.07) is 10.4. The molecule has 3 aromatic rings. The van der Waals surface area contributed by atoms with Gasteiger partial charge in [-0.15, -0.1) is 10.2 Å². The molecule has 2 aliphatic carbocycles. The van der Waals surface area contributed by atoms with Crippen molar-refractivity contribution in [3.05, 3.63) is 76.4 Å². The predicted octanol–water partition coefficient (Wildman–Crippen LogP) is 6.15. The molecule has 2 aliphatic heterocycles. The number of aryl methyl sites for hydroxylation is 1. The molecular formula is C32H36F3N5O2. The maximum atomic E-state index is 14.6. The van der Waals surface area contributed by atoms with Crippen molar-refractivity contribution in [1.29, 1.82) is 0 Å². The molecule has 222 valence electrons. The van der Waals surface area contributed by atoms with Crippen molar-refractivity contribution >= 4 is 11.6 Å². The van der Waals surface area contributed by atoms with E-state index in [4.69, 9.17) is 4.74 Å². The molecule has 3 fully saturated rings. The molecule has 0 bridgehead atoms. The molecule has 1 N–H and O–H groups in total. The molecule has 2 aromatic carbocycles. The Balaban J connectivity index is 1.25. The van der Waals surface area contributed by atoms with Gasteiger partial charge in [-0.3, -0.25) is 4.79 Å². The minimum atomic E-state index is -4.57. The third-order valence-corrected chi connectivity index (χ3v) is 10.0. The summed E-state index contributed by atoms with van der Waals surface area (Å²) in [6.07, 6.45) is 3.29. The summed E-state index contributed by atoms with van der Waals surface area (Å²) >= 11 is 0. The Morgan fingerprint density at radius 1 is 1.07 bits per heavy atom. The average molecular weight is 580 g/mol. The Bertz CT molecular complexity index is 1510. The van der Waals surface area contributed by atoms with E-state index < -0.39 is 11.7 Å². The molecule has 2 atom stereocenters. The maximum Gasteiger partial charge on any atom is 0.416 e. The van der Waals surface area contributed by atoms with Crippen LogP contribution in [0, 0.1) is 11.8 Å². The standard InChI is InChI=1S/C32H36F3N5O2/c1-31(10-5-11-31)37-28(19-6-3-7-19)21-13-24-25(26(14-21)32(33,34)35)15-40(30(24)41)23-9-4-8-20(12-23)27(22-16-42-17-22)29-38-36-18-39(29)2/h4,8-9,12-14,18-19,22,27-28,37H,3,5-7,10-11,15-17H2,1-2H3. The van der Waals surface area contributed by atoms with Crippen LogP contribution in [0.3, 0.4) is 0 Å². The lowest BCUT2D eigenvalue weighted by atomic mass is 9.72. The van der Waals surface area contributed by atoms with Crippen LogP contribution in [-0.4, -0.2) is 39.4 Å². The van der Waals surface area contributed by atoms with Gasteiger partial charge in [-0.05, 0) is 85.9 Å². The van der Waals surface area contributed by atoms with E-state index in [1.54, 1.807) is 18.5 Å². The van der Waals surface area contributed by atoms with Gasteiger partial charge in [0.1, 0.15) is 12.2 Å². The highest BCUT2D eigenvalue weighted by molar-refractivity contribution is 6.10. The SMILES string of the molecule is Cn1cnnc1C(c1cccc(N2Cc3c(cc(C(NC4(C)CCC4)C4CCC4)cc3C(F)(F)F)C2=O)c1)C1COC1. The van der Waals surface area contributed by atoms with E-state index in [9.17, 15) is 18.0 Å².